The Morgan fingerprint density at radius 2 is 2.00 bits per heavy atom. The summed E-state index contributed by atoms with van der Waals surface area (Å²) in [5.74, 6) is 0.241. The van der Waals surface area contributed by atoms with Crippen molar-refractivity contribution in [1.82, 2.24) is 0 Å². The molecule has 0 saturated carbocycles. The molecule has 0 aliphatic carbocycles. The number of halogens is 2. The molecule has 0 fully saturated rings. The van der Waals surface area contributed by atoms with E-state index in [1.54, 1.807) is 6.07 Å². The number of benzene rings is 1. The molecule has 0 heterocycles. The quantitative estimate of drug-likeness (QED) is 0.831. The molecule has 0 saturated heterocycles. The Morgan fingerprint density at radius 3 is 2.50 bits per heavy atom. The lowest BCUT2D eigenvalue weighted by molar-refractivity contribution is 0.470. The van der Waals surface area contributed by atoms with E-state index in [4.69, 9.17) is 0 Å². The molecule has 0 atom stereocenters. The summed E-state index contributed by atoms with van der Waals surface area (Å²) in [6.45, 7) is 5.62. The average Bonchev–Trinajstić information content (AvgIpc) is 1.96. The van der Waals surface area contributed by atoms with Crippen LogP contribution in [0.15, 0.2) is 27.7 Å². The van der Waals surface area contributed by atoms with E-state index in [1.807, 2.05) is 13.0 Å². The maximum absolute atomic E-state index is 9.56. The zero-order chi connectivity index (χ0) is 9.30. The van der Waals surface area contributed by atoms with Gasteiger partial charge in [-0.25, -0.2) is 0 Å². The van der Waals surface area contributed by atoms with Crippen LogP contribution in [0.5, 0.6) is 5.75 Å². The second kappa shape index (κ2) is 3.62. The van der Waals surface area contributed by atoms with Crippen LogP contribution in [0.3, 0.4) is 0 Å². The molecule has 0 aromatic heterocycles. The molecule has 3 heteroatoms. The predicted octanol–water partition coefficient (Wildman–Crippen LogP) is 3.95. The Labute approximate surface area is 88.4 Å². The number of phenolic OH excluding ortho intramolecular Hbond substituents is 1. The number of aromatic hydroxyl groups is 1. The maximum Gasteiger partial charge on any atom is 0.137 e. The van der Waals surface area contributed by atoms with Crippen LogP contribution in [0.1, 0.15) is 12.5 Å². The highest BCUT2D eigenvalue weighted by molar-refractivity contribution is 9.11. The molecule has 12 heavy (non-hydrogen) atoms. The Bertz CT molecular complexity index is 332. The number of allylic oxidation sites excluding steroid dienone is 1. The Hall–Kier alpha value is -0.280. The summed E-state index contributed by atoms with van der Waals surface area (Å²) < 4.78 is 1.60. The summed E-state index contributed by atoms with van der Waals surface area (Å²) >= 11 is 6.58. The van der Waals surface area contributed by atoms with Crippen molar-refractivity contribution < 1.29 is 5.11 Å². The number of phenols is 1. The Balaban J connectivity index is 3.37. The predicted molar refractivity (Wildman–Crippen MR) is 58.2 cm³/mol. The van der Waals surface area contributed by atoms with Gasteiger partial charge >= 0.3 is 0 Å². The molecule has 0 spiro atoms. The summed E-state index contributed by atoms with van der Waals surface area (Å²) in [6.07, 6.45) is 0. The van der Waals surface area contributed by atoms with E-state index in [0.29, 0.717) is 4.47 Å². The first-order valence-electron chi connectivity index (χ1n) is 3.36. The molecular weight excluding hydrogens is 284 g/mol. The van der Waals surface area contributed by atoms with E-state index in [0.717, 1.165) is 15.6 Å². The molecule has 0 radical (unpaired) electrons. The van der Waals surface area contributed by atoms with Gasteiger partial charge in [0, 0.05) is 10.0 Å². The first-order chi connectivity index (χ1) is 5.52. The van der Waals surface area contributed by atoms with E-state index in [1.165, 1.54) is 0 Å². The minimum atomic E-state index is 0.241. The van der Waals surface area contributed by atoms with Gasteiger partial charge in [0.05, 0.1) is 4.47 Å². The average molecular weight is 292 g/mol. The van der Waals surface area contributed by atoms with Crippen molar-refractivity contribution in [2.24, 2.45) is 0 Å². The molecule has 64 valence electrons. The summed E-state index contributed by atoms with van der Waals surface area (Å²) in [6, 6.07) is 3.63. The highest BCUT2D eigenvalue weighted by Gasteiger charge is 2.06. The fraction of sp³-hybridized carbons (Fsp3) is 0.111. The monoisotopic (exact) mass is 290 g/mol. The Morgan fingerprint density at radius 1 is 1.42 bits per heavy atom. The molecule has 1 rings (SSSR count). The third-order valence-electron chi connectivity index (χ3n) is 1.49. The van der Waals surface area contributed by atoms with Crippen molar-refractivity contribution in [3.63, 3.8) is 0 Å². The van der Waals surface area contributed by atoms with Gasteiger partial charge < -0.3 is 5.11 Å². The molecular formula is C9H8Br2O. The third-order valence-corrected chi connectivity index (χ3v) is 2.55. The van der Waals surface area contributed by atoms with Gasteiger partial charge in [0.2, 0.25) is 0 Å². The van der Waals surface area contributed by atoms with Crippen LogP contribution in [-0.4, -0.2) is 5.11 Å². The van der Waals surface area contributed by atoms with Gasteiger partial charge in [0.15, 0.2) is 0 Å². The first-order valence-corrected chi connectivity index (χ1v) is 4.95. The van der Waals surface area contributed by atoms with Crippen LogP contribution in [0.4, 0.5) is 0 Å². The molecule has 0 bridgehead atoms. The highest BCUT2D eigenvalue weighted by Crippen LogP contribution is 2.34. The number of hydrogen-bond acceptors (Lipinski definition) is 1. The van der Waals surface area contributed by atoms with Crippen LogP contribution < -0.4 is 0 Å². The van der Waals surface area contributed by atoms with Crippen molar-refractivity contribution in [1.29, 1.82) is 0 Å². The smallest absolute Gasteiger partial charge is 0.137 e. The summed E-state index contributed by atoms with van der Waals surface area (Å²) in [5.41, 5.74) is 1.60. The fourth-order valence-corrected chi connectivity index (χ4v) is 2.12. The van der Waals surface area contributed by atoms with Crippen LogP contribution in [0.2, 0.25) is 0 Å². The highest BCUT2D eigenvalue weighted by atomic mass is 79.9. The van der Waals surface area contributed by atoms with Gasteiger partial charge in [0.1, 0.15) is 5.75 Å². The van der Waals surface area contributed by atoms with Crippen LogP contribution in [0, 0.1) is 0 Å². The summed E-state index contributed by atoms with van der Waals surface area (Å²) in [4.78, 5) is 0. The topological polar surface area (TPSA) is 20.2 Å². The van der Waals surface area contributed by atoms with Gasteiger partial charge in [-0.2, -0.15) is 0 Å². The maximum atomic E-state index is 9.56. The van der Waals surface area contributed by atoms with Crippen molar-refractivity contribution in [3.8, 4) is 5.75 Å². The normalized spacial score (nSPS) is 9.92. The van der Waals surface area contributed by atoms with E-state index < -0.39 is 0 Å². The van der Waals surface area contributed by atoms with E-state index in [-0.39, 0.29) is 5.75 Å². The van der Waals surface area contributed by atoms with E-state index >= 15 is 0 Å². The lowest BCUT2D eigenvalue weighted by atomic mass is 10.1. The third kappa shape index (κ3) is 1.90. The number of rotatable bonds is 1. The molecule has 0 aliphatic heterocycles. The minimum Gasteiger partial charge on any atom is -0.506 e. The second-order valence-corrected chi connectivity index (χ2v) is 4.33. The molecule has 0 amide bonds. The van der Waals surface area contributed by atoms with Crippen LogP contribution in [-0.2, 0) is 0 Å². The molecule has 1 aromatic carbocycles. The summed E-state index contributed by atoms with van der Waals surface area (Å²) in [5, 5.41) is 9.56. The van der Waals surface area contributed by atoms with Crippen LogP contribution >= 0.6 is 31.9 Å². The standard InChI is InChI=1S/C9H8Br2O/c1-5(2)7-3-6(10)4-8(11)9(7)12/h3-4,12H,1H2,2H3. The second-order valence-electron chi connectivity index (χ2n) is 2.56. The van der Waals surface area contributed by atoms with Crippen molar-refractivity contribution in [2.45, 2.75) is 6.92 Å². The van der Waals surface area contributed by atoms with Crippen molar-refractivity contribution in [2.75, 3.05) is 0 Å². The lowest BCUT2D eigenvalue weighted by Gasteiger charge is -2.06. The van der Waals surface area contributed by atoms with Crippen LogP contribution in [0.25, 0.3) is 5.57 Å². The fourth-order valence-electron chi connectivity index (χ4n) is 0.891. The van der Waals surface area contributed by atoms with Gasteiger partial charge in [-0.05, 0) is 40.6 Å². The zero-order valence-corrected chi connectivity index (χ0v) is 9.74. The molecule has 1 N–H and O–H groups in total. The molecule has 0 unspecified atom stereocenters. The molecule has 1 nitrogen and oxygen atoms in total. The Kier molecular flexibility index (Phi) is 2.96. The molecule has 1 aromatic rings. The largest absolute Gasteiger partial charge is 0.506 e. The first kappa shape index (κ1) is 9.81. The van der Waals surface area contributed by atoms with Crippen molar-refractivity contribution in [3.05, 3.63) is 33.2 Å². The number of hydrogen-bond donors (Lipinski definition) is 1. The lowest BCUT2D eigenvalue weighted by Crippen LogP contribution is -1.81. The van der Waals surface area contributed by atoms with E-state index in [9.17, 15) is 5.11 Å². The van der Waals surface area contributed by atoms with Gasteiger partial charge in [-0.3, -0.25) is 0 Å². The SMILES string of the molecule is C=C(C)c1cc(Br)cc(Br)c1O. The zero-order valence-electron chi connectivity index (χ0n) is 6.56. The minimum absolute atomic E-state index is 0.241. The van der Waals surface area contributed by atoms with Crippen molar-refractivity contribution >= 4 is 37.4 Å². The summed E-state index contributed by atoms with van der Waals surface area (Å²) in [7, 11) is 0. The molecule has 0 aliphatic rings. The van der Waals surface area contributed by atoms with E-state index in [2.05, 4.69) is 38.4 Å². The van der Waals surface area contributed by atoms with Gasteiger partial charge in [-0.15, -0.1) is 0 Å². The van der Waals surface area contributed by atoms with Gasteiger partial charge in [0.25, 0.3) is 0 Å². The van der Waals surface area contributed by atoms with Gasteiger partial charge in [-0.1, -0.05) is 22.5 Å².